The molecule has 0 atom stereocenters. The van der Waals surface area contributed by atoms with E-state index in [0.29, 0.717) is 43.1 Å². The van der Waals surface area contributed by atoms with Crippen LogP contribution in [0.15, 0.2) is 65.6 Å². The lowest BCUT2D eigenvalue weighted by Crippen LogP contribution is -2.27. The SMILES string of the molecule is CCOc1cc(/C=C2/SC(=S)N(c3cccc(F)c3)C2=O)ccc1OCc1ccc(Cl)c(Cl)c1. The molecule has 4 rings (SSSR count). The smallest absolute Gasteiger partial charge is 0.270 e. The average Bonchev–Trinajstić information content (AvgIpc) is 3.08. The van der Waals surface area contributed by atoms with Gasteiger partial charge in [0.05, 0.1) is 27.2 Å². The van der Waals surface area contributed by atoms with E-state index in [2.05, 4.69) is 0 Å². The van der Waals surface area contributed by atoms with Crippen LogP contribution >= 0.6 is 47.2 Å². The van der Waals surface area contributed by atoms with Crippen LogP contribution in [-0.2, 0) is 11.4 Å². The van der Waals surface area contributed by atoms with E-state index in [9.17, 15) is 9.18 Å². The summed E-state index contributed by atoms with van der Waals surface area (Å²) in [6.45, 7) is 2.59. The molecule has 0 saturated carbocycles. The lowest BCUT2D eigenvalue weighted by molar-refractivity contribution is -0.113. The second kappa shape index (κ2) is 10.8. The van der Waals surface area contributed by atoms with Gasteiger partial charge < -0.3 is 9.47 Å². The number of halogens is 3. The molecule has 0 bridgehead atoms. The molecule has 1 amide bonds. The number of hydrogen-bond acceptors (Lipinski definition) is 5. The van der Waals surface area contributed by atoms with Crippen LogP contribution in [-0.4, -0.2) is 16.8 Å². The van der Waals surface area contributed by atoms with Crippen molar-refractivity contribution < 1.29 is 18.7 Å². The van der Waals surface area contributed by atoms with Gasteiger partial charge in [-0.25, -0.2) is 4.39 Å². The minimum Gasteiger partial charge on any atom is -0.490 e. The Morgan fingerprint density at radius 3 is 2.59 bits per heavy atom. The predicted molar refractivity (Wildman–Crippen MR) is 140 cm³/mol. The summed E-state index contributed by atoms with van der Waals surface area (Å²) in [6, 6.07) is 16.5. The average molecular weight is 534 g/mol. The van der Waals surface area contributed by atoms with Crippen molar-refractivity contribution in [1.29, 1.82) is 0 Å². The molecule has 1 aliphatic rings. The number of thioether (sulfide) groups is 1. The fraction of sp³-hybridized carbons (Fsp3) is 0.120. The number of carbonyl (C=O) groups is 1. The van der Waals surface area contributed by atoms with Crippen molar-refractivity contribution in [2.75, 3.05) is 11.5 Å². The van der Waals surface area contributed by atoms with Crippen LogP contribution < -0.4 is 14.4 Å². The molecule has 34 heavy (non-hydrogen) atoms. The van der Waals surface area contributed by atoms with Gasteiger partial charge in [0.1, 0.15) is 12.4 Å². The normalized spacial score (nSPS) is 14.7. The van der Waals surface area contributed by atoms with Gasteiger partial charge >= 0.3 is 0 Å². The molecule has 174 valence electrons. The van der Waals surface area contributed by atoms with Crippen LogP contribution in [0.25, 0.3) is 6.08 Å². The molecule has 4 nitrogen and oxygen atoms in total. The highest BCUT2D eigenvalue weighted by Crippen LogP contribution is 2.37. The molecule has 1 fully saturated rings. The van der Waals surface area contributed by atoms with Crippen molar-refractivity contribution in [3.63, 3.8) is 0 Å². The zero-order chi connectivity index (χ0) is 24.2. The van der Waals surface area contributed by atoms with E-state index in [0.717, 1.165) is 22.9 Å². The zero-order valence-corrected chi connectivity index (χ0v) is 21.0. The maximum absolute atomic E-state index is 13.6. The Labute approximate surface area is 216 Å². The Balaban J connectivity index is 1.55. The van der Waals surface area contributed by atoms with E-state index in [1.807, 2.05) is 19.1 Å². The summed E-state index contributed by atoms with van der Waals surface area (Å²) in [5.41, 5.74) is 2.00. The Hall–Kier alpha value is -2.58. The van der Waals surface area contributed by atoms with Crippen molar-refractivity contribution >= 4 is 69.2 Å². The largest absolute Gasteiger partial charge is 0.490 e. The molecule has 0 spiro atoms. The van der Waals surface area contributed by atoms with Gasteiger partial charge in [-0.15, -0.1) is 0 Å². The minimum atomic E-state index is -0.437. The molecule has 0 unspecified atom stereocenters. The van der Waals surface area contributed by atoms with E-state index < -0.39 is 5.82 Å². The molecule has 3 aromatic carbocycles. The minimum absolute atomic E-state index is 0.280. The lowest BCUT2D eigenvalue weighted by atomic mass is 10.1. The molecule has 1 saturated heterocycles. The Kier molecular flexibility index (Phi) is 7.78. The molecular weight excluding hydrogens is 516 g/mol. The quantitative estimate of drug-likeness (QED) is 0.232. The second-order valence-electron chi connectivity index (χ2n) is 7.17. The van der Waals surface area contributed by atoms with Crippen LogP contribution in [0.5, 0.6) is 11.5 Å². The first-order valence-electron chi connectivity index (χ1n) is 10.2. The standard InChI is InChI=1S/C25H18Cl2FNO3S2/c1-2-31-22-11-15(7-9-21(22)32-14-16-6-8-19(26)20(27)10-16)12-23-24(30)29(25(33)34-23)18-5-3-4-17(28)13-18/h3-13H,2,14H2,1H3/b23-12+. The first kappa shape index (κ1) is 24.5. The van der Waals surface area contributed by atoms with Crippen LogP contribution in [0.4, 0.5) is 10.1 Å². The zero-order valence-electron chi connectivity index (χ0n) is 17.9. The Bertz CT molecular complexity index is 1300. The third-order valence-corrected chi connectivity index (χ3v) is 6.85. The third kappa shape index (κ3) is 5.55. The molecule has 1 heterocycles. The van der Waals surface area contributed by atoms with Crippen molar-refractivity contribution in [3.8, 4) is 11.5 Å². The Morgan fingerprint density at radius 2 is 1.85 bits per heavy atom. The second-order valence-corrected chi connectivity index (χ2v) is 9.66. The number of nitrogens with zero attached hydrogens (tertiary/aromatic N) is 1. The van der Waals surface area contributed by atoms with Gasteiger partial charge in [0, 0.05) is 0 Å². The topological polar surface area (TPSA) is 38.8 Å². The number of benzene rings is 3. The first-order valence-corrected chi connectivity index (χ1v) is 12.2. The van der Waals surface area contributed by atoms with Crippen molar-refractivity contribution in [1.82, 2.24) is 0 Å². The highest BCUT2D eigenvalue weighted by atomic mass is 35.5. The van der Waals surface area contributed by atoms with Crippen molar-refractivity contribution in [2.24, 2.45) is 0 Å². The van der Waals surface area contributed by atoms with Crippen molar-refractivity contribution in [2.45, 2.75) is 13.5 Å². The number of amides is 1. The number of hydrogen-bond donors (Lipinski definition) is 0. The fourth-order valence-corrected chi connectivity index (χ4v) is 4.87. The van der Waals surface area contributed by atoms with Gasteiger partial charge in [-0.05, 0) is 66.6 Å². The number of carbonyl (C=O) groups excluding carboxylic acids is 1. The third-order valence-electron chi connectivity index (χ3n) is 4.80. The summed E-state index contributed by atoms with van der Waals surface area (Å²) in [4.78, 5) is 14.7. The summed E-state index contributed by atoms with van der Waals surface area (Å²) in [5.74, 6) is 0.348. The van der Waals surface area contributed by atoms with Gasteiger partial charge in [0.15, 0.2) is 15.8 Å². The molecule has 9 heteroatoms. The maximum Gasteiger partial charge on any atom is 0.270 e. The van der Waals surface area contributed by atoms with E-state index in [1.165, 1.54) is 23.1 Å². The van der Waals surface area contributed by atoms with Crippen LogP contribution in [0.3, 0.4) is 0 Å². The highest BCUT2D eigenvalue weighted by molar-refractivity contribution is 8.27. The molecule has 0 aromatic heterocycles. The number of anilines is 1. The monoisotopic (exact) mass is 533 g/mol. The van der Waals surface area contributed by atoms with Gasteiger partial charge in [-0.1, -0.05) is 65.4 Å². The highest BCUT2D eigenvalue weighted by Gasteiger charge is 2.33. The molecule has 0 aliphatic carbocycles. The summed E-state index contributed by atoms with van der Waals surface area (Å²) in [5, 5.41) is 0.936. The Morgan fingerprint density at radius 1 is 1.03 bits per heavy atom. The lowest BCUT2D eigenvalue weighted by Gasteiger charge is -2.14. The van der Waals surface area contributed by atoms with Gasteiger partial charge in [-0.3, -0.25) is 9.69 Å². The summed E-state index contributed by atoms with van der Waals surface area (Å²) < 4.78 is 25.7. The van der Waals surface area contributed by atoms with Gasteiger partial charge in [0.25, 0.3) is 5.91 Å². The van der Waals surface area contributed by atoms with Gasteiger partial charge in [0.2, 0.25) is 0 Å². The predicted octanol–water partition coefficient (Wildman–Crippen LogP) is 7.52. The van der Waals surface area contributed by atoms with E-state index in [1.54, 1.807) is 36.4 Å². The molecule has 0 N–H and O–H groups in total. The van der Waals surface area contributed by atoms with Crippen molar-refractivity contribution in [3.05, 3.63) is 92.6 Å². The van der Waals surface area contributed by atoms with Gasteiger partial charge in [-0.2, -0.15) is 0 Å². The first-order chi connectivity index (χ1) is 16.4. The van der Waals surface area contributed by atoms with E-state index in [4.69, 9.17) is 44.9 Å². The molecule has 1 aliphatic heterocycles. The van der Waals surface area contributed by atoms with E-state index >= 15 is 0 Å². The summed E-state index contributed by atoms with van der Waals surface area (Å²) in [7, 11) is 0. The van der Waals surface area contributed by atoms with Crippen LogP contribution in [0.1, 0.15) is 18.1 Å². The number of ether oxygens (including phenoxy) is 2. The van der Waals surface area contributed by atoms with Crippen LogP contribution in [0.2, 0.25) is 10.0 Å². The maximum atomic E-state index is 13.6. The summed E-state index contributed by atoms with van der Waals surface area (Å²) >= 11 is 18.6. The number of thiocarbonyl (C=S) groups is 1. The molecule has 3 aromatic rings. The fourth-order valence-electron chi connectivity index (χ4n) is 3.25. The molecule has 0 radical (unpaired) electrons. The molecular formula is C25H18Cl2FNO3S2. The number of rotatable bonds is 7. The summed E-state index contributed by atoms with van der Waals surface area (Å²) in [6.07, 6.45) is 1.73. The van der Waals surface area contributed by atoms with E-state index in [-0.39, 0.29) is 12.5 Å². The van der Waals surface area contributed by atoms with Crippen LogP contribution in [0, 0.1) is 5.82 Å².